The van der Waals surface area contributed by atoms with E-state index in [1.54, 1.807) is 0 Å². The van der Waals surface area contributed by atoms with Crippen LogP contribution >= 0.6 is 0 Å². The first-order valence-electron chi connectivity index (χ1n) is 8.93. The summed E-state index contributed by atoms with van der Waals surface area (Å²) in [7, 11) is 1.90. The minimum absolute atomic E-state index is 0.0297. The van der Waals surface area contributed by atoms with E-state index in [0.29, 0.717) is 22.4 Å². The number of fused-ring (bicyclic) bond motifs is 4. The Kier molecular flexibility index (Phi) is 3.42. The molecule has 5 rings (SSSR count). The minimum Gasteiger partial charge on any atom is -0.440 e. The van der Waals surface area contributed by atoms with E-state index in [1.165, 1.54) is 0 Å². The first-order valence-corrected chi connectivity index (χ1v) is 8.93. The van der Waals surface area contributed by atoms with Crippen molar-refractivity contribution in [3.63, 3.8) is 0 Å². The van der Waals surface area contributed by atoms with E-state index in [0.717, 1.165) is 12.2 Å². The zero-order chi connectivity index (χ0) is 17.8. The predicted octanol–water partition coefficient (Wildman–Crippen LogP) is 3.87. The van der Waals surface area contributed by atoms with Crippen molar-refractivity contribution in [3.8, 4) is 0 Å². The van der Waals surface area contributed by atoms with Crippen LogP contribution in [0.1, 0.15) is 18.5 Å². The third-order valence-electron chi connectivity index (χ3n) is 5.55. The van der Waals surface area contributed by atoms with Crippen LogP contribution < -0.4 is 10.3 Å². The second-order valence-corrected chi connectivity index (χ2v) is 7.06. The summed E-state index contributed by atoms with van der Waals surface area (Å²) in [4.78, 5) is 21.4. The monoisotopic (exact) mass is 348 g/mol. The fourth-order valence-corrected chi connectivity index (χ4v) is 4.31. The van der Waals surface area contributed by atoms with E-state index >= 15 is 0 Å². The molecule has 0 unspecified atom stereocenters. The molecule has 3 aromatic rings. The molecule has 2 aliphatic heterocycles. The fraction of sp³-hybridized carbons (Fsp3) is 0.286. The molecule has 0 N–H and O–H groups in total. The Morgan fingerprint density at radius 2 is 1.77 bits per heavy atom. The van der Waals surface area contributed by atoms with E-state index < -0.39 is 0 Å². The van der Waals surface area contributed by atoms with Crippen LogP contribution in [0.25, 0.3) is 11.0 Å². The molecule has 0 aliphatic carbocycles. The highest BCUT2D eigenvalue weighted by Crippen LogP contribution is 2.47. The lowest BCUT2D eigenvalue weighted by Crippen LogP contribution is -2.41. The third kappa shape index (κ3) is 2.14. The van der Waals surface area contributed by atoms with Gasteiger partial charge in [0.2, 0.25) is 5.88 Å². The molecule has 26 heavy (non-hydrogen) atoms. The molecule has 0 amide bonds. The Morgan fingerprint density at radius 3 is 2.58 bits per heavy atom. The molecule has 5 heteroatoms. The van der Waals surface area contributed by atoms with Crippen LogP contribution in [0.15, 0.2) is 63.8 Å². The Hall–Kier alpha value is -2.63. The van der Waals surface area contributed by atoms with E-state index in [-0.39, 0.29) is 23.5 Å². The van der Waals surface area contributed by atoms with Crippen molar-refractivity contribution in [2.24, 2.45) is 5.92 Å². The molecule has 2 aromatic carbocycles. The number of rotatable bonds is 1. The Balaban J connectivity index is 1.81. The second kappa shape index (κ2) is 5.69. The zero-order valence-electron chi connectivity index (χ0n) is 14.8. The maximum atomic E-state index is 13.4. The summed E-state index contributed by atoms with van der Waals surface area (Å²) in [5.41, 5.74) is 2.36. The highest BCUT2D eigenvalue weighted by molar-refractivity contribution is 5.80. The van der Waals surface area contributed by atoms with Gasteiger partial charge in [0, 0.05) is 25.2 Å². The predicted molar refractivity (Wildman–Crippen MR) is 100 cm³/mol. The summed E-state index contributed by atoms with van der Waals surface area (Å²) < 4.78 is 6.27. The molecule has 1 aromatic heterocycles. The number of hydrogen-bond donors (Lipinski definition) is 0. The summed E-state index contributed by atoms with van der Waals surface area (Å²) >= 11 is 0. The number of hydroxylamine groups is 2. The molecule has 0 bridgehead atoms. The average molecular weight is 348 g/mol. The molecule has 2 aliphatic rings. The molecule has 132 valence electrons. The van der Waals surface area contributed by atoms with Gasteiger partial charge in [-0.15, -0.1) is 0 Å². The summed E-state index contributed by atoms with van der Waals surface area (Å²) in [6, 6.07) is 17.4. The lowest BCUT2D eigenvalue weighted by atomic mass is 9.86. The highest BCUT2D eigenvalue weighted by atomic mass is 16.7. The summed E-state index contributed by atoms with van der Waals surface area (Å²) in [5.74, 6) is 0.822. The van der Waals surface area contributed by atoms with Crippen LogP contribution in [-0.4, -0.2) is 24.8 Å². The van der Waals surface area contributed by atoms with Crippen LogP contribution in [0.3, 0.4) is 0 Å². The van der Waals surface area contributed by atoms with Gasteiger partial charge in [-0.1, -0.05) is 30.3 Å². The van der Waals surface area contributed by atoms with Gasteiger partial charge < -0.3 is 9.32 Å². The molecule has 5 nitrogen and oxygen atoms in total. The molecule has 0 radical (unpaired) electrons. The molecule has 3 atom stereocenters. The summed E-state index contributed by atoms with van der Waals surface area (Å²) in [6.07, 6.45) is 0.0373. The van der Waals surface area contributed by atoms with Gasteiger partial charge in [-0.3, -0.25) is 9.63 Å². The van der Waals surface area contributed by atoms with Gasteiger partial charge in [-0.05, 0) is 31.2 Å². The van der Waals surface area contributed by atoms with Crippen molar-refractivity contribution in [1.82, 2.24) is 5.06 Å². The van der Waals surface area contributed by atoms with Gasteiger partial charge in [0.15, 0.2) is 5.43 Å². The second-order valence-electron chi connectivity index (χ2n) is 7.06. The van der Waals surface area contributed by atoms with E-state index in [9.17, 15) is 4.79 Å². The highest BCUT2D eigenvalue weighted by Gasteiger charge is 2.48. The largest absolute Gasteiger partial charge is 0.440 e. The average Bonchev–Trinajstić information content (AvgIpc) is 2.95. The molecular formula is C21H20N2O3. The fourth-order valence-electron chi connectivity index (χ4n) is 4.31. The van der Waals surface area contributed by atoms with Crippen LogP contribution in [0.5, 0.6) is 0 Å². The maximum Gasteiger partial charge on any atom is 0.209 e. The Bertz CT molecular complexity index is 1030. The molecule has 1 saturated heterocycles. The first kappa shape index (κ1) is 15.6. The maximum absolute atomic E-state index is 13.4. The standard InChI is InChI=1S/C21H20N2O3/c1-13-16-12-23(14-8-4-3-5-9-14)21-18(19(16)22(2)26-13)20(24)15-10-6-7-11-17(15)25-21/h3-11,13,16,19H,12H2,1-2H3/t13-,16-,19+/m0/s1. The number of para-hydroxylation sites is 2. The van der Waals surface area contributed by atoms with Crippen molar-refractivity contribution < 1.29 is 9.25 Å². The summed E-state index contributed by atoms with van der Waals surface area (Å²) in [5, 5.41) is 2.44. The van der Waals surface area contributed by atoms with Gasteiger partial charge in [0.1, 0.15) is 5.58 Å². The number of benzene rings is 2. The number of nitrogens with zero attached hydrogens (tertiary/aromatic N) is 2. The molecule has 3 heterocycles. The van der Waals surface area contributed by atoms with Gasteiger partial charge >= 0.3 is 0 Å². The quantitative estimate of drug-likeness (QED) is 0.668. The Labute approximate surface area is 151 Å². The molecular weight excluding hydrogens is 328 g/mol. The Morgan fingerprint density at radius 1 is 1.04 bits per heavy atom. The van der Waals surface area contributed by atoms with E-state index in [4.69, 9.17) is 9.25 Å². The van der Waals surface area contributed by atoms with E-state index in [1.807, 2.05) is 66.7 Å². The molecule has 0 spiro atoms. The van der Waals surface area contributed by atoms with Crippen LogP contribution in [0, 0.1) is 5.92 Å². The summed E-state index contributed by atoms with van der Waals surface area (Å²) in [6.45, 7) is 2.81. The lowest BCUT2D eigenvalue weighted by Gasteiger charge is -2.37. The van der Waals surface area contributed by atoms with Gasteiger partial charge in [-0.25, -0.2) is 0 Å². The van der Waals surface area contributed by atoms with Crippen molar-refractivity contribution in [2.45, 2.75) is 19.1 Å². The topological polar surface area (TPSA) is 45.9 Å². The van der Waals surface area contributed by atoms with Gasteiger partial charge in [0.05, 0.1) is 23.1 Å². The van der Waals surface area contributed by atoms with Crippen molar-refractivity contribution in [2.75, 3.05) is 18.5 Å². The number of hydrogen-bond acceptors (Lipinski definition) is 5. The van der Waals surface area contributed by atoms with Crippen molar-refractivity contribution in [1.29, 1.82) is 0 Å². The van der Waals surface area contributed by atoms with E-state index in [2.05, 4.69) is 11.8 Å². The normalized spacial score (nSPS) is 25.3. The van der Waals surface area contributed by atoms with Crippen molar-refractivity contribution >= 4 is 22.5 Å². The van der Waals surface area contributed by atoms with Gasteiger partial charge in [-0.2, -0.15) is 5.06 Å². The first-order chi connectivity index (χ1) is 12.6. The molecule has 0 saturated carbocycles. The third-order valence-corrected chi connectivity index (χ3v) is 5.55. The van der Waals surface area contributed by atoms with Crippen LogP contribution in [0.4, 0.5) is 11.6 Å². The zero-order valence-corrected chi connectivity index (χ0v) is 14.8. The smallest absolute Gasteiger partial charge is 0.209 e. The van der Waals surface area contributed by atoms with Gasteiger partial charge in [0.25, 0.3) is 0 Å². The van der Waals surface area contributed by atoms with Crippen molar-refractivity contribution in [3.05, 3.63) is 70.4 Å². The van der Waals surface area contributed by atoms with Crippen LogP contribution in [0.2, 0.25) is 0 Å². The van der Waals surface area contributed by atoms with Crippen LogP contribution in [-0.2, 0) is 4.84 Å². The SMILES string of the molecule is C[C@@H]1ON(C)[C@H]2c3c(oc4ccccc4c3=O)N(c3ccccc3)C[C@@H]12. The minimum atomic E-state index is -0.0965. The lowest BCUT2D eigenvalue weighted by molar-refractivity contribution is -0.139. The molecule has 1 fully saturated rings. The number of anilines is 2.